The second-order valence-corrected chi connectivity index (χ2v) is 12.9. The lowest BCUT2D eigenvalue weighted by atomic mass is 9.48. The number of phenolic OH excluding ortho intramolecular Hbond substituents is 1. The van der Waals surface area contributed by atoms with Gasteiger partial charge in [0.25, 0.3) is 11.6 Å². The molecule has 9 nitrogen and oxygen atoms in total. The van der Waals surface area contributed by atoms with E-state index >= 15 is 0 Å². The number of likely N-dealkylation sites (N-methyl/N-ethyl adjacent to an activating group) is 1. The molecule has 0 unspecified atom stereocenters. The highest BCUT2D eigenvalue weighted by molar-refractivity contribution is 5.94. The maximum absolute atomic E-state index is 13.4. The van der Waals surface area contributed by atoms with E-state index in [0.29, 0.717) is 37.1 Å². The molecule has 1 spiro atoms. The largest absolute Gasteiger partial charge is 0.504 e. The van der Waals surface area contributed by atoms with Gasteiger partial charge in [-0.25, -0.2) is 0 Å². The first kappa shape index (κ1) is 31.0. The molecule has 1 saturated heterocycles. The van der Waals surface area contributed by atoms with E-state index in [1.165, 1.54) is 17.0 Å². The molecule has 244 valence electrons. The highest BCUT2D eigenvalue weighted by Crippen LogP contribution is 2.67. The molecule has 7 rings (SSSR count). The van der Waals surface area contributed by atoms with Crippen LogP contribution in [0.1, 0.15) is 47.1 Å². The number of aromatic hydroxyl groups is 1. The summed E-state index contributed by atoms with van der Waals surface area (Å²) >= 11 is 0. The number of amides is 1. The van der Waals surface area contributed by atoms with E-state index in [4.69, 9.17) is 4.74 Å². The molecule has 3 aromatic carbocycles. The molecule has 2 bridgehead atoms. The SMILES string of the molecule is CN(C(=O)C#Cc1ccc(C(F)(F)F)cc1)[C@@H]1CC[C@@]2(O)[C@H]3Cc4c([N+](=O)[O-])cc(O)c5c4[C@@]2(CCN3CCc2ccccc2)[C@H]1O5. The third-order valence-corrected chi connectivity index (χ3v) is 10.7. The average molecular weight is 648 g/mol. The number of hydrogen-bond donors (Lipinski definition) is 2. The molecule has 3 aromatic rings. The summed E-state index contributed by atoms with van der Waals surface area (Å²) in [7, 11) is 1.56. The maximum Gasteiger partial charge on any atom is 0.416 e. The van der Waals surface area contributed by atoms with E-state index in [1.807, 2.05) is 30.3 Å². The third kappa shape index (κ3) is 4.74. The fourth-order valence-corrected chi connectivity index (χ4v) is 8.52. The zero-order valence-corrected chi connectivity index (χ0v) is 25.5. The van der Waals surface area contributed by atoms with Crippen molar-refractivity contribution >= 4 is 11.6 Å². The highest BCUT2D eigenvalue weighted by atomic mass is 19.4. The number of likely N-dealkylation sites (tertiary alicyclic amines) is 1. The summed E-state index contributed by atoms with van der Waals surface area (Å²) < 4.78 is 45.4. The van der Waals surface area contributed by atoms with E-state index in [-0.39, 0.29) is 35.6 Å². The minimum Gasteiger partial charge on any atom is -0.504 e. The molecular formula is C35H32F3N3O6. The predicted molar refractivity (Wildman–Crippen MR) is 164 cm³/mol. The predicted octanol–water partition coefficient (Wildman–Crippen LogP) is 4.59. The first-order chi connectivity index (χ1) is 22.3. The Morgan fingerprint density at radius 2 is 1.89 bits per heavy atom. The van der Waals surface area contributed by atoms with Crippen molar-refractivity contribution in [2.45, 2.75) is 67.5 Å². The van der Waals surface area contributed by atoms with Gasteiger partial charge in [-0.05, 0) is 68.5 Å². The molecule has 2 heterocycles. The molecule has 2 N–H and O–H groups in total. The Kier molecular flexibility index (Phi) is 7.26. The van der Waals surface area contributed by atoms with Gasteiger partial charge in [-0.3, -0.25) is 19.8 Å². The van der Waals surface area contributed by atoms with E-state index in [0.717, 1.165) is 30.2 Å². The highest BCUT2D eigenvalue weighted by Gasteiger charge is 2.74. The van der Waals surface area contributed by atoms with Crippen molar-refractivity contribution in [3.05, 3.63) is 98.6 Å². The number of carbonyl (C=O) groups is 1. The third-order valence-electron chi connectivity index (χ3n) is 10.7. The minimum absolute atomic E-state index is 0.105. The molecule has 0 radical (unpaired) electrons. The lowest BCUT2D eigenvalue weighted by Crippen LogP contribution is -2.78. The summed E-state index contributed by atoms with van der Waals surface area (Å²) in [4.78, 5) is 28.8. The molecule has 1 amide bonds. The van der Waals surface area contributed by atoms with E-state index in [1.54, 1.807) is 7.05 Å². The van der Waals surface area contributed by atoms with Crippen LogP contribution in [0, 0.1) is 22.0 Å². The smallest absolute Gasteiger partial charge is 0.416 e. The topological polar surface area (TPSA) is 116 Å². The second-order valence-electron chi connectivity index (χ2n) is 12.9. The van der Waals surface area contributed by atoms with Gasteiger partial charge >= 0.3 is 6.18 Å². The Balaban J connectivity index is 1.23. The summed E-state index contributed by atoms with van der Waals surface area (Å²) in [5.74, 6) is 4.28. The van der Waals surface area contributed by atoms with Gasteiger partial charge in [-0.15, -0.1) is 0 Å². The fraction of sp³-hybridized carbons (Fsp3) is 0.400. The molecule has 12 heteroatoms. The first-order valence-corrected chi connectivity index (χ1v) is 15.5. The number of phenols is 1. The lowest BCUT2D eigenvalue weighted by molar-refractivity contribution is -0.386. The fourth-order valence-electron chi connectivity index (χ4n) is 8.52. The first-order valence-electron chi connectivity index (χ1n) is 15.5. The number of carbonyl (C=O) groups excluding carboxylic acids is 1. The van der Waals surface area contributed by atoms with Crippen LogP contribution in [0.15, 0.2) is 60.7 Å². The second kappa shape index (κ2) is 11.0. The summed E-state index contributed by atoms with van der Waals surface area (Å²) in [5.41, 5.74) is -1.28. The van der Waals surface area contributed by atoms with E-state index in [9.17, 15) is 38.3 Å². The molecule has 5 atom stereocenters. The van der Waals surface area contributed by atoms with Gasteiger partial charge in [-0.1, -0.05) is 36.3 Å². The number of hydrogen-bond acceptors (Lipinski definition) is 7. The molecule has 1 saturated carbocycles. The maximum atomic E-state index is 13.4. The number of nitro groups is 1. The molecule has 2 aliphatic carbocycles. The van der Waals surface area contributed by atoms with Gasteiger partial charge < -0.3 is 19.8 Å². The monoisotopic (exact) mass is 647 g/mol. The molecular weight excluding hydrogens is 615 g/mol. The number of rotatable bonds is 5. The quantitative estimate of drug-likeness (QED) is 0.236. The number of alkyl halides is 3. The van der Waals surface area contributed by atoms with E-state index < -0.39 is 51.8 Å². The van der Waals surface area contributed by atoms with Crippen LogP contribution >= 0.6 is 0 Å². The molecule has 2 fully saturated rings. The normalized spacial score (nSPS) is 27.2. The number of halogens is 3. The van der Waals surface area contributed by atoms with Gasteiger partial charge in [0.2, 0.25) is 0 Å². The Bertz CT molecular complexity index is 1820. The number of nitro benzene ring substituents is 1. The number of benzene rings is 3. The standard InChI is InChI=1S/C35H32F3N3O6/c1-39(29(43)12-9-22-7-10-23(11-8-22)35(36,37)38)25-13-15-34(44)28-19-24-26(41(45)46)20-27(42)31-30(24)33(34,32(25)47-31)16-18-40(28)17-14-21-5-3-2-4-6-21/h2-8,10-11,20,25,28,32,42,44H,13-19H2,1H3/t25-,28-,32+,33+,34-/m1/s1. The van der Waals surface area contributed by atoms with Gasteiger partial charge in [-0.2, -0.15) is 13.2 Å². The number of ether oxygens (including phenoxy) is 1. The van der Waals surface area contributed by atoms with Crippen LogP contribution < -0.4 is 4.74 Å². The molecule has 47 heavy (non-hydrogen) atoms. The Morgan fingerprint density at radius 3 is 2.57 bits per heavy atom. The Hall–Kier alpha value is -4.60. The van der Waals surface area contributed by atoms with Crippen LogP contribution in [0.2, 0.25) is 0 Å². The Morgan fingerprint density at radius 1 is 1.17 bits per heavy atom. The van der Waals surface area contributed by atoms with Crippen LogP contribution in [-0.4, -0.2) is 74.8 Å². The van der Waals surface area contributed by atoms with Crippen LogP contribution in [0.4, 0.5) is 18.9 Å². The van der Waals surface area contributed by atoms with Gasteiger partial charge in [0, 0.05) is 42.2 Å². The van der Waals surface area contributed by atoms with Crippen molar-refractivity contribution in [2.24, 2.45) is 0 Å². The van der Waals surface area contributed by atoms with E-state index in [2.05, 4.69) is 16.7 Å². The van der Waals surface area contributed by atoms with Crippen molar-refractivity contribution in [1.29, 1.82) is 0 Å². The summed E-state index contributed by atoms with van der Waals surface area (Å²) in [6.45, 7) is 1.20. The zero-order valence-electron chi connectivity index (χ0n) is 25.5. The van der Waals surface area contributed by atoms with Crippen molar-refractivity contribution in [2.75, 3.05) is 20.1 Å². The number of piperidine rings is 1. The summed E-state index contributed by atoms with van der Waals surface area (Å²) in [6.07, 6.45) is -3.39. The molecule has 4 aliphatic rings. The van der Waals surface area contributed by atoms with Crippen LogP contribution in [-0.2, 0) is 29.2 Å². The van der Waals surface area contributed by atoms with Gasteiger partial charge in [0.1, 0.15) is 6.10 Å². The van der Waals surface area contributed by atoms with Crippen LogP contribution in [0.25, 0.3) is 0 Å². The Labute approximate surface area is 268 Å². The molecule has 0 aromatic heterocycles. The van der Waals surface area contributed by atoms with Crippen LogP contribution in [0.3, 0.4) is 0 Å². The molecule has 2 aliphatic heterocycles. The summed E-state index contributed by atoms with van der Waals surface area (Å²) in [6, 6.07) is 14.2. The van der Waals surface area contributed by atoms with Crippen LogP contribution in [0.5, 0.6) is 11.5 Å². The van der Waals surface area contributed by atoms with Gasteiger partial charge in [0.15, 0.2) is 11.5 Å². The van der Waals surface area contributed by atoms with Crippen molar-refractivity contribution in [3.8, 4) is 23.3 Å². The summed E-state index contributed by atoms with van der Waals surface area (Å²) in [5, 5.41) is 36.1. The average Bonchev–Trinajstić information content (AvgIpc) is 3.39. The minimum atomic E-state index is -4.49. The van der Waals surface area contributed by atoms with Crippen molar-refractivity contribution in [1.82, 2.24) is 9.80 Å². The lowest BCUT2D eigenvalue weighted by Gasteiger charge is -2.64. The van der Waals surface area contributed by atoms with Crippen molar-refractivity contribution < 1.29 is 37.8 Å². The van der Waals surface area contributed by atoms with Crippen molar-refractivity contribution in [3.63, 3.8) is 0 Å². The zero-order chi connectivity index (χ0) is 33.3. The van der Waals surface area contributed by atoms with Gasteiger partial charge in [0.05, 0.1) is 33.6 Å². The number of nitrogens with zero attached hydrogens (tertiary/aromatic N) is 3. The number of aliphatic hydroxyl groups is 1.